The van der Waals surface area contributed by atoms with Gasteiger partial charge in [-0.15, -0.1) is 12.4 Å². The van der Waals surface area contributed by atoms with Crippen LogP contribution in [0.1, 0.15) is 5.56 Å². The number of anilines is 1. The van der Waals surface area contributed by atoms with Gasteiger partial charge in [0.05, 0.1) is 5.69 Å². The van der Waals surface area contributed by atoms with Crippen molar-refractivity contribution in [3.05, 3.63) is 77.0 Å². The predicted octanol–water partition coefficient (Wildman–Crippen LogP) is 5.42. The number of hydrogen-bond donors (Lipinski definition) is 2. The van der Waals surface area contributed by atoms with Crippen LogP contribution in [-0.4, -0.2) is 15.0 Å². The van der Waals surface area contributed by atoms with Crippen LogP contribution in [0.15, 0.2) is 71.5 Å². The van der Waals surface area contributed by atoms with Gasteiger partial charge in [0.25, 0.3) is 0 Å². The van der Waals surface area contributed by atoms with Crippen LogP contribution in [0, 0.1) is 0 Å². The van der Waals surface area contributed by atoms with E-state index in [0.29, 0.717) is 12.5 Å². The highest BCUT2D eigenvalue weighted by molar-refractivity contribution is 9.10. The SMILES string of the molecule is Brc1ccc2[nH]cc(-c3ccnc(NCc4ccccc4)n3)c2c1.Cl. The van der Waals surface area contributed by atoms with E-state index in [1.165, 1.54) is 5.56 Å². The van der Waals surface area contributed by atoms with Gasteiger partial charge in [0.2, 0.25) is 5.95 Å². The Bertz CT molecular complexity index is 985. The second kappa shape index (κ2) is 7.68. The lowest BCUT2D eigenvalue weighted by molar-refractivity contribution is 1.06. The molecule has 0 bridgehead atoms. The molecule has 6 heteroatoms. The van der Waals surface area contributed by atoms with E-state index in [0.717, 1.165) is 26.6 Å². The molecule has 0 radical (unpaired) electrons. The van der Waals surface area contributed by atoms with Gasteiger partial charge in [-0.1, -0.05) is 46.3 Å². The van der Waals surface area contributed by atoms with E-state index in [1.807, 2.05) is 36.5 Å². The normalized spacial score (nSPS) is 10.4. The summed E-state index contributed by atoms with van der Waals surface area (Å²) in [5.74, 6) is 0.626. The Morgan fingerprint density at radius 1 is 1.04 bits per heavy atom. The molecule has 0 spiro atoms. The first-order valence-electron chi connectivity index (χ1n) is 7.67. The number of rotatable bonds is 4. The fraction of sp³-hybridized carbons (Fsp3) is 0.0526. The van der Waals surface area contributed by atoms with Gasteiger partial charge in [-0.25, -0.2) is 9.97 Å². The molecule has 0 aliphatic heterocycles. The van der Waals surface area contributed by atoms with E-state index >= 15 is 0 Å². The van der Waals surface area contributed by atoms with Gasteiger partial charge in [0, 0.05) is 39.9 Å². The van der Waals surface area contributed by atoms with Crippen molar-refractivity contribution >= 4 is 45.2 Å². The van der Waals surface area contributed by atoms with Crippen molar-refractivity contribution in [2.24, 2.45) is 0 Å². The summed E-state index contributed by atoms with van der Waals surface area (Å²) in [4.78, 5) is 12.3. The Kier molecular flexibility index (Phi) is 5.36. The van der Waals surface area contributed by atoms with Gasteiger partial charge in [-0.2, -0.15) is 0 Å². The average Bonchev–Trinajstić information content (AvgIpc) is 3.04. The Labute approximate surface area is 160 Å². The minimum Gasteiger partial charge on any atom is -0.360 e. The zero-order valence-electron chi connectivity index (χ0n) is 13.2. The van der Waals surface area contributed by atoms with Crippen molar-refractivity contribution in [2.45, 2.75) is 6.54 Å². The number of nitrogens with one attached hydrogen (secondary N) is 2. The summed E-state index contributed by atoms with van der Waals surface area (Å²) in [6, 6.07) is 18.3. The van der Waals surface area contributed by atoms with Gasteiger partial charge in [0.1, 0.15) is 0 Å². The summed E-state index contributed by atoms with van der Waals surface area (Å²) in [5.41, 5.74) is 4.24. The van der Waals surface area contributed by atoms with Crippen molar-refractivity contribution in [3.63, 3.8) is 0 Å². The monoisotopic (exact) mass is 414 g/mol. The van der Waals surface area contributed by atoms with Crippen LogP contribution in [0.25, 0.3) is 22.2 Å². The van der Waals surface area contributed by atoms with Crippen molar-refractivity contribution in [2.75, 3.05) is 5.32 Å². The van der Waals surface area contributed by atoms with Gasteiger partial charge < -0.3 is 10.3 Å². The van der Waals surface area contributed by atoms with Crippen LogP contribution in [0.2, 0.25) is 0 Å². The Morgan fingerprint density at radius 3 is 2.72 bits per heavy atom. The summed E-state index contributed by atoms with van der Waals surface area (Å²) >= 11 is 3.53. The van der Waals surface area contributed by atoms with Gasteiger partial charge >= 0.3 is 0 Å². The van der Waals surface area contributed by atoms with Crippen molar-refractivity contribution in [3.8, 4) is 11.3 Å². The highest BCUT2D eigenvalue weighted by Crippen LogP contribution is 2.29. The molecule has 4 aromatic rings. The Hall–Kier alpha value is -2.37. The van der Waals surface area contributed by atoms with Gasteiger partial charge in [-0.05, 0) is 29.8 Å². The molecule has 0 fully saturated rings. The van der Waals surface area contributed by atoms with Crippen molar-refractivity contribution < 1.29 is 0 Å². The fourth-order valence-corrected chi connectivity index (χ4v) is 3.04. The second-order valence-electron chi connectivity index (χ2n) is 5.50. The largest absolute Gasteiger partial charge is 0.360 e. The summed E-state index contributed by atoms with van der Waals surface area (Å²) in [7, 11) is 0. The zero-order valence-corrected chi connectivity index (χ0v) is 15.6. The zero-order chi connectivity index (χ0) is 16.4. The van der Waals surface area contributed by atoms with Gasteiger partial charge in [-0.3, -0.25) is 0 Å². The lowest BCUT2D eigenvalue weighted by atomic mass is 10.1. The second-order valence-corrected chi connectivity index (χ2v) is 6.41. The standard InChI is InChI=1S/C19H15BrN4.ClH/c20-14-6-7-17-15(10-14)16(12-22-17)18-8-9-21-19(24-18)23-11-13-4-2-1-3-5-13;/h1-10,12,22H,11H2,(H,21,23,24);1H. The molecule has 25 heavy (non-hydrogen) atoms. The van der Waals surface area contributed by atoms with E-state index in [1.54, 1.807) is 6.20 Å². The minimum absolute atomic E-state index is 0. The highest BCUT2D eigenvalue weighted by atomic mass is 79.9. The lowest BCUT2D eigenvalue weighted by Gasteiger charge is -2.06. The molecule has 2 heterocycles. The number of halogens is 2. The molecule has 0 amide bonds. The summed E-state index contributed by atoms with van der Waals surface area (Å²) < 4.78 is 1.05. The number of aromatic amines is 1. The van der Waals surface area contributed by atoms with Crippen LogP contribution in [0.5, 0.6) is 0 Å². The minimum atomic E-state index is 0. The van der Waals surface area contributed by atoms with E-state index in [4.69, 9.17) is 0 Å². The molecule has 0 unspecified atom stereocenters. The summed E-state index contributed by atoms with van der Waals surface area (Å²) in [5, 5.41) is 4.42. The number of aromatic nitrogens is 3. The third kappa shape index (κ3) is 3.83. The fourth-order valence-electron chi connectivity index (χ4n) is 2.68. The lowest BCUT2D eigenvalue weighted by Crippen LogP contribution is -2.03. The molecule has 0 saturated heterocycles. The molecule has 126 valence electrons. The van der Waals surface area contributed by atoms with Crippen molar-refractivity contribution in [1.29, 1.82) is 0 Å². The summed E-state index contributed by atoms with van der Waals surface area (Å²) in [6.07, 6.45) is 3.77. The smallest absolute Gasteiger partial charge is 0.223 e. The maximum atomic E-state index is 4.65. The molecule has 2 aromatic heterocycles. The van der Waals surface area contributed by atoms with E-state index in [2.05, 4.69) is 60.5 Å². The topological polar surface area (TPSA) is 53.6 Å². The van der Waals surface area contributed by atoms with Crippen LogP contribution in [0.4, 0.5) is 5.95 Å². The molecular formula is C19H16BrClN4. The third-order valence-electron chi connectivity index (χ3n) is 3.87. The summed E-state index contributed by atoms with van der Waals surface area (Å²) in [6.45, 7) is 0.698. The molecule has 0 aliphatic carbocycles. The molecule has 4 nitrogen and oxygen atoms in total. The molecule has 2 aromatic carbocycles. The number of H-pyrrole nitrogens is 1. The number of fused-ring (bicyclic) bond motifs is 1. The maximum Gasteiger partial charge on any atom is 0.223 e. The number of benzene rings is 2. The van der Waals surface area contributed by atoms with Crippen LogP contribution in [-0.2, 0) is 6.54 Å². The number of nitrogens with zero attached hydrogens (tertiary/aromatic N) is 2. The average molecular weight is 416 g/mol. The molecule has 4 rings (SSSR count). The van der Waals surface area contributed by atoms with Crippen LogP contribution in [0.3, 0.4) is 0 Å². The predicted molar refractivity (Wildman–Crippen MR) is 108 cm³/mol. The van der Waals surface area contributed by atoms with Gasteiger partial charge in [0.15, 0.2) is 0 Å². The first-order chi connectivity index (χ1) is 11.8. The number of hydrogen-bond acceptors (Lipinski definition) is 3. The van der Waals surface area contributed by atoms with E-state index in [9.17, 15) is 0 Å². The quantitative estimate of drug-likeness (QED) is 0.468. The molecule has 0 aliphatic rings. The Balaban J connectivity index is 0.00000182. The first-order valence-corrected chi connectivity index (χ1v) is 8.47. The highest BCUT2D eigenvalue weighted by Gasteiger charge is 2.09. The molecular weight excluding hydrogens is 400 g/mol. The van der Waals surface area contributed by atoms with Crippen molar-refractivity contribution in [1.82, 2.24) is 15.0 Å². The molecule has 0 saturated carbocycles. The van der Waals surface area contributed by atoms with Crippen LogP contribution < -0.4 is 5.32 Å². The molecule has 0 atom stereocenters. The van der Waals surface area contributed by atoms with Crippen LogP contribution >= 0.6 is 28.3 Å². The van der Waals surface area contributed by atoms with E-state index in [-0.39, 0.29) is 12.4 Å². The third-order valence-corrected chi connectivity index (χ3v) is 4.36. The Morgan fingerprint density at radius 2 is 1.88 bits per heavy atom. The maximum absolute atomic E-state index is 4.65. The first kappa shape index (κ1) is 17.5. The van der Waals surface area contributed by atoms with E-state index < -0.39 is 0 Å². The molecule has 2 N–H and O–H groups in total.